The minimum atomic E-state index is -3.84. The first-order chi connectivity index (χ1) is 11.6. The lowest BCUT2D eigenvalue weighted by molar-refractivity contribution is 0.390. The molecule has 0 atom stereocenters. The molecule has 2 aromatic rings. The minimum Gasteiger partial charge on any atom is -0.360 e. The Morgan fingerprint density at radius 1 is 1.24 bits per heavy atom. The molecule has 1 aliphatic rings. The van der Waals surface area contributed by atoms with Crippen LogP contribution in [0.3, 0.4) is 0 Å². The molecular weight excluding hydrogens is 366 g/mol. The third-order valence-electron chi connectivity index (χ3n) is 4.05. The molecule has 10 heteroatoms. The number of aryl methyl sites for hydroxylation is 3. The highest BCUT2D eigenvalue weighted by molar-refractivity contribution is 7.93. The van der Waals surface area contributed by atoms with E-state index >= 15 is 0 Å². The van der Waals surface area contributed by atoms with E-state index in [1.807, 2.05) is 0 Å². The lowest BCUT2D eigenvalue weighted by Gasteiger charge is -2.20. The second kappa shape index (κ2) is 6.03. The van der Waals surface area contributed by atoms with Crippen molar-refractivity contribution < 1.29 is 21.4 Å². The van der Waals surface area contributed by atoms with Gasteiger partial charge in [0.2, 0.25) is 10.0 Å². The molecule has 0 bridgehead atoms. The second-order valence-electron chi connectivity index (χ2n) is 6.00. The third kappa shape index (κ3) is 3.23. The molecule has 8 nitrogen and oxygen atoms in total. The van der Waals surface area contributed by atoms with E-state index in [0.29, 0.717) is 29.9 Å². The molecule has 25 heavy (non-hydrogen) atoms. The first-order valence-corrected chi connectivity index (χ1v) is 10.8. The maximum Gasteiger partial charge on any atom is 0.267 e. The van der Waals surface area contributed by atoms with E-state index in [2.05, 4.69) is 9.88 Å². The second-order valence-corrected chi connectivity index (χ2v) is 9.63. The van der Waals surface area contributed by atoms with Gasteiger partial charge in [0.1, 0.15) is 5.69 Å². The average Bonchev–Trinajstić information content (AvgIpc) is 3.01. The van der Waals surface area contributed by atoms with Crippen molar-refractivity contribution in [2.45, 2.75) is 32.1 Å². The minimum absolute atomic E-state index is 0.0105. The molecule has 1 saturated heterocycles. The highest BCUT2D eigenvalue weighted by Crippen LogP contribution is 2.30. The molecule has 0 amide bonds. The van der Waals surface area contributed by atoms with Gasteiger partial charge in [-0.15, -0.1) is 0 Å². The van der Waals surface area contributed by atoms with Crippen LogP contribution < -0.4 is 9.03 Å². The smallest absolute Gasteiger partial charge is 0.267 e. The number of benzene rings is 1. The van der Waals surface area contributed by atoms with Gasteiger partial charge in [-0.3, -0.25) is 9.03 Å². The van der Waals surface area contributed by atoms with Crippen LogP contribution in [0.1, 0.15) is 23.4 Å². The van der Waals surface area contributed by atoms with Crippen LogP contribution in [-0.2, 0) is 20.0 Å². The number of sulfonamides is 2. The lowest BCUT2D eigenvalue weighted by atomic mass is 10.2. The van der Waals surface area contributed by atoms with Crippen molar-refractivity contribution in [3.05, 3.63) is 35.2 Å². The van der Waals surface area contributed by atoms with E-state index in [1.165, 1.54) is 11.2 Å². The van der Waals surface area contributed by atoms with Crippen LogP contribution in [0.25, 0.3) is 0 Å². The quantitative estimate of drug-likeness (QED) is 0.861. The summed E-state index contributed by atoms with van der Waals surface area (Å²) in [6, 6.07) is 4.77. The summed E-state index contributed by atoms with van der Waals surface area (Å²) >= 11 is 0. The van der Waals surface area contributed by atoms with Crippen molar-refractivity contribution in [3.8, 4) is 0 Å². The van der Waals surface area contributed by atoms with Gasteiger partial charge in [-0.2, -0.15) is 0 Å². The molecule has 0 unspecified atom stereocenters. The molecular formula is C15H19N3O5S2. The van der Waals surface area contributed by atoms with E-state index in [9.17, 15) is 16.8 Å². The fourth-order valence-electron chi connectivity index (χ4n) is 2.97. The monoisotopic (exact) mass is 385 g/mol. The molecule has 1 aliphatic heterocycles. The van der Waals surface area contributed by atoms with E-state index < -0.39 is 20.0 Å². The number of hydrogen-bond acceptors (Lipinski definition) is 6. The van der Waals surface area contributed by atoms with Crippen molar-refractivity contribution in [1.82, 2.24) is 5.16 Å². The predicted molar refractivity (Wildman–Crippen MR) is 93.7 cm³/mol. The number of nitrogens with zero attached hydrogens (tertiary/aromatic N) is 2. The Bertz CT molecular complexity index is 1010. The largest absolute Gasteiger partial charge is 0.360 e. The molecule has 2 heterocycles. The van der Waals surface area contributed by atoms with Gasteiger partial charge in [0.15, 0.2) is 10.7 Å². The average molecular weight is 385 g/mol. The standard InChI is InChI=1S/C15H19N3O5S2/c1-10-9-13(5-6-14(10)18-7-4-8-24(18,19)20)17-25(21,22)15-11(2)16-23-12(15)3/h5-6,9,17H,4,7-8H2,1-3H3. The van der Waals surface area contributed by atoms with Gasteiger partial charge < -0.3 is 4.52 Å². The van der Waals surface area contributed by atoms with Gasteiger partial charge in [-0.1, -0.05) is 5.16 Å². The highest BCUT2D eigenvalue weighted by atomic mass is 32.2. The molecule has 1 aromatic carbocycles. The Kier molecular flexibility index (Phi) is 4.28. The van der Waals surface area contributed by atoms with Crippen LogP contribution in [0.4, 0.5) is 11.4 Å². The van der Waals surface area contributed by atoms with Crippen LogP contribution in [-0.4, -0.2) is 34.3 Å². The molecule has 0 saturated carbocycles. The zero-order chi connectivity index (χ0) is 18.4. The van der Waals surface area contributed by atoms with Crippen LogP contribution in [0, 0.1) is 20.8 Å². The van der Waals surface area contributed by atoms with Gasteiger partial charge in [-0.05, 0) is 51.0 Å². The van der Waals surface area contributed by atoms with E-state index in [-0.39, 0.29) is 22.1 Å². The number of hydrogen-bond donors (Lipinski definition) is 1. The van der Waals surface area contributed by atoms with E-state index in [4.69, 9.17) is 4.52 Å². The van der Waals surface area contributed by atoms with Crippen molar-refractivity contribution in [3.63, 3.8) is 0 Å². The molecule has 3 rings (SSSR count). The van der Waals surface area contributed by atoms with Crippen molar-refractivity contribution in [2.75, 3.05) is 21.3 Å². The third-order valence-corrected chi connectivity index (χ3v) is 7.53. The fraction of sp³-hybridized carbons (Fsp3) is 0.400. The predicted octanol–water partition coefficient (Wildman–Crippen LogP) is 1.94. The molecule has 1 aromatic heterocycles. The van der Waals surface area contributed by atoms with Crippen molar-refractivity contribution >= 4 is 31.4 Å². The Morgan fingerprint density at radius 2 is 1.96 bits per heavy atom. The summed E-state index contributed by atoms with van der Waals surface area (Å²) in [5, 5.41) is 3.66. The summed E-state index contributed by atoms with van der Waals surface area (Å²) in [7, 11) is -7.12. The number of anilines is 2. The van der Waals surface area contributed by atoms with Crippen LogP contribution in [0.5, 0.6) is 0 Å². The van der Waals surface area contributed by atoms with Gasteiger partial charge in [0.05, 0.1) is 11.4 Å². The molecule has 1 N–H and O–H groups in total. The van der Waals surface area contributed by atoms with Crippen LogP contribution >= 0.6 is 0 Å². The summed E-state index contributed by atoms with van der Waals surface area (Å²) in [6.45, 7) is 5.27. The Labute approximate surface area is 146 Å². The molecule has 0 spiro atoms. The normalized spacial score (nSPS) is 17.0. The van der Waals surface area contributed by atoms with E-state index in [1.54, 1.807) is 32.0 Å². The summed E-state index contributed by atoms with van der Waals surface area (Å²) in [4.78, 5) is 0.0105. The van der Waals surface area contributed by atoms with Crippen molar-refractivity contribution in [2.24, 2.45) is 0 Å². The Hall–Kier alpha value is -2.07. The molecule has 0 aliphatic carbocycles. The van der Waals surface area contributed by atoms with E-state index in [0.717, 1.165) is 0 Å². The fourth-order valence-corrected chi connectivity index (χ4v) is 5.98. The zero-order valence-electron chi connectivity index (χ0n) is 14.1. The number of nitrogens with one attached hydrogen (secondary N) is 1. The Balaban J connectivity index is 1.92. The topological polar surface area (TPSA) is 110 Å². The SMILES string of the molecule is Cc1cc(NS(=O)(=O)c2c(C)noc2C)ccc1N1CCCS1(=O)=O. The van der Waals surface area contributed by atoms with Gasteiger partial charge >= 0.3 is 0 Å². The van der Waals surface area contributed by atoms with Gasteiger partial charge in [0.25, 0.3) is 10.0 Å². The van der Waals surface area contributed by atoms with Gasteiger partial charge in [0, 0.05) is 12.2 Å². The highest BCUT2D eigenvalue weighted by Gasteiger charge is 2.30. The van der Waals surface area contributed by atoms with Crippen molar-refractivity contribution in [1.29, 1.82) is 0 Å². The first-order valence-electron chi connectivity index (χ1n) is 7.68. The number of rotatable bonds is 4. The molecule has 136 valence electrons. The van der Waals surface area contributed by atoms with Crippen LogP contribution in [0.15, 0.2) is 27.6 Å². The van der Waals surface area contributed by atoms with Gasteiger partial charge in [-0.25, -0.2) is 16.8 Å². The molecule has 0 radical (unpaired) electrons. The summed E-state index contributed by atoms with van der Waals surface area (Å²) < 4.78 is 58.0. The summed E-state index contributed by atoms with van der Waals surface area (Å²) in [5.74, 6) is 0.342. The first kappa shape index (κ1) is 17.7. The molecule has 1 fully saturated rings. The number of aromatic nitrogens is 1. The zero-order valence-corrected chi connectivity index (χ0v) is 15.7. The summed E-state index contributed by atoms with van der Waals surface area (Å²) in [6.07, 6.45) is 0.586. The summed E-state index contributed by atoms with van der Waals surface area (Å²) in [5.41, 5.74) is 1.86. The van der Waals surface area contributed by atoms with Crippen LogP contribution in [0.2, 0.25) is 0 Å². The maximum absolute atomic E-state index is 12.5. The maximum atomic E-state index is 12.5. The Morgan fingerprint density at radius 3 is 2.48 bits per heavy atom. The lowest BCUT2D eigenvalue weighted by Crippen LogP contribution is -2.25.